The molecule has 4 rings (SSSR count). The van der Waals surface area contributed by atoms with E-state index in [9.17, 15) is 18.3 Å². The number of aliphatic hydroxyl groups is 2. The molecule has 41 heavy (non-hydrogen) atoms. The molecule has 220 valence electrons. The van der Waals surface area contributed by atoms with Crippen molar-refractivity contribution in [3.8, 4) is 16.9 Å². The van der Waals surface area contributed by atoms with Crippen molar-refractivity contribution < 1.29 is 28.2 Å². The third kappa shape index (κ3) is 8.87. The molecule has 0 aromatic heterocycles. The van der Waals surface area contributed by atoms with Gasteiger partial charge in [-0.3, -0.25) is 4.79 Å². The smallest absolute Gasteiger partial charge is 0.268 e. The van der Waals surface area contributed by atoms with Crippen molar-refractivity contribution in [3.05, 3.63) is 89.5 Å². The van der Waals surface area contributed by atoms with Gasteiger partial charge in [-0.1, -0.05) is 67.1 Å². The van der Waals surface area contributed by atoms with Crippen LogP contribution in [0, 0.1) is 0 Å². The molecule has 3 aromatic carbocycles. The van der Waals surface area contributed by atoms with Crippen molar-refractivity contribution in [1.29, 1.82) is 0 Å². The van der Waals surface area contributed by atoms with Gasteiger partial charge in [0.1, 0.15) is 5.75 Å². The number of benzene rings is 3. The van der Waals surface area contributed by atoms with E-state index in [0.717, 1.165) is 60.8 Å². The van der Waals surface area contributed by atoms with Gasteiger partial charge in [0, 0.05) is 6.04 Å². The highest BCUT2D eigenvalue weighted by Gasteiger charge is 2.23. The Kier molecular flexibility index (Phi) is 10.9. The molecule has 1 saturated carbocycles. The van der Waals surface area contributed by atoms with Gasteiger partial charge < -0.3 is 20.3 Å². The maximum Gasteiger partial charge on any atom is 0.268 e. The number of carbonyl (C=O) groups is 1. The third-order valence-corrected chi connectivity index (χ3v) is 8.68. The van der Waals surface area contributed by atoms with E-state index in [2.05, 4.69) is 17.4 Å². The van der Waals surface area contributed by atoms with Crippen molar-refractivity contribution in [1.82, 2.24) is 10.0 Å². The summed E-state index contributed by atoms with van der Waals surface area (Å²) in [5, 5.41) is 23.0. The average molecular weight is 581 g/mol. The number of nitrogens with one attached hydrogen (secondary N) is 2. The van der Waals surface area contributed by atoms with Gasteiger partial charge >= 0.3 is 0 Å². The third-order valence-electron chi connectivity index (χ3n) is 7.46. The number of hydrogen-bond acceptors (Lipinski definition) is 7. The number of ether oxygens (including phenoxy) is 1. The lowest BCUT2D eigenvalue weighted by Gasteiger charge is -2.24. The van der Waals surface area contributed by atoms with Crippen LogP contribution < -0.4 is 14.8 Å². The predicted molar refractivity (Wildman–Crippen MR) is 160 cm³/mol. The van der Waals surface area contributed by atoms with Crippen molar-refractivity contribution in [2.75, 3.05) is 18.9 Å². The van der Waals surface area contributed by atoms with E-state index in [1.54, 1.807) is 18.2 Å². The van der Waals surface area contributed by atoms with Crippen LogP contribution in [0.1, 0.15) is 66.6 Å². The van der Waals surface area contributed by atoms with Crippen molar-refractivity contribution in [2.24, 2.45) is 0 Å². The second kappa shape index (κ2) is 14.6. The first-order valence-corrected chi connectivity index (χ1v) is 15.9. The van der Waals surface area contributed by atoms with E-state index in [4.69, 9.17) is 9.84 Å². The summed E-state index contributed by atoms with van der Waals surface area (Å²) in [6.07, 6.45) is 5.22. The summed E-state index contributed by atoms with van der Waals surface area (Å²) in [6, 6.07) is 22.8. The van der Waals surface area contributed by atoms with Gasteiger partial charge in [-0.25, -0.2) is 13.1 Å². The summed E-state index contributed by atoms with van der Waals surface area (Å²) in [5.74, 6) is -0.972. The molecule has 1 aliphatic carbocycles. The number of hydrogen-bond donors (Lipinski definition) is 4. The predicted octanol–water partition coefficient (Wildman–Crippen LogP) is 4.37. The van der Waals surface area contributed by atoms with E-state index >= 15 is 0 Å². The Morgan fingerprint density at radius 2 is 1.66 bits per heavy atom. The Labute approximate surface area is 242 Å². The zero-order valence-corrected chi connectivity index (χ0v) is 24.3. The van der Waals surface area contributed by atoms with E-state index in [1.165, 1.54) is 0 Å². The van der Waals surface area contributed by atoms with E-state index < -0.39 is 34.4 Å². The molecule has 0 radical (unpaired) electrons. The van der Waals surface area contributed by atoms with E-state index in [0.29, 0.717) is 12.3 Å². The summed E-state index contributed by atoms with van der Waals surface area (Å²) >= 11 is 0. The fraction of sp³-hybridized carbons (Fsp3) is 0.406. The average Bonchev–Trinajstić information content (AvgIpc) is 2.97. The molecule has 1 aliphatic rings. The number of amides is 1. The van der Waals surface area contributed by atoms with Crippen LogP contribution in [0.4, 0.5) is 0 Å². The van der Waals surface area contributed by atoms with Crippen LogP contribution in [0.5, 0.6) is 5.75 Å². The molecule has 0 heterocycles. The summed E-state index contributed by atoms with van der Waals surface area (Å²) in [7, 11) is -3.95. The second-order valence-corrected chi connectivity index (χ2v) is 12.4. The zero-order valence-electron chi connectivity index (χ0n) is 23.5. The Morgan fingerprint density at radius 1 is 0.976 bits per heavy atom. The molecule has 3 aromatic rings. The Balaban J connectivity index is 1.44. The lowest BCUT2D eigenvalue weighted by atomic mass is 9.97. The molecule has 0 bridgehead atoms. The Bertz CT molecular complexity index is 1370. The molecular weight excluding hydrogens is 540 g/mol. The van der Waals surface area contributed by atoms with Gasteiger partial charge in [0.25, 0.3) is 5.91 Å². The molecule has 4 N–H and O–H groups in total. The lowest BCUT2D eigenvalue weighted by molar-refractivity contribution is 0.0969. The van der Waals surface area contributed by atoms with Gasteiger partial charge in [-0.2, -0.15) is 0 Å². The SMILES string of the molecule is C[C@H](NCCc1ccc(-c2ccc(C(=O)NS(=O)(=O)CCO)c(OC3CCCCC3)c2)cc1)[C@@H](O)c1ccccc1. The van der Waals surface area contributed by atoms with E-state index in [1.807, 2.05) is 54.1 Å². The highest BCUT2D eigenvalue weighted by atomic mass is 32.2. The summed E-state index contributed by atoms with van der Waals surface area (Å²) < 4.78 is 32.5. The lowest BCUT2D eigenvalue weighted by Crippen LogP contribution is -2.34. The Morgan fingerprint density at radius 3 is 2.34 bits per heavy atom. The van der Waals surface area contributed by atoms with Crippen molar-refractivity contribution in [2.45, 2.75) is 63.7 Å². The largest absolute Gasteiger partial charge is 0.490 e. The van der Waals surface area contributed by atoms with Gasteiger partial charge in [0.2, 0.25) is 10.0 Å². The van der Waals surface area contributed by atoms with Gasteiger partial charge in [0.05, 0.1) is 30.1 Å². The van der Waals surface area contributed by atoms with Gasteiger partial charge in [0.15, 0.2) is 0 Å². The quantitative estimate of drug-likeness (QED) is 0.237. The first kappa shape index (κ1) is 30.7. The maximum absolute atomic E-state index is 12.9. The molecule has 8 nitrogen and oxygen atoms in total. The highest BCUT2D eigenvalue weighted by molar-refractivity contribution is 7.90. The minimum absolute atomic E-state index is 0.0303. The van der Waals surface area contributed by atoms with Crippen molar-refractivity contribution in [3.63, 3.8) is 0 Å². The van der Waals surface area contributed by atoms with Crippen LogP contribution in [-0.2, 0) is 16.4 Å². The molecule has 0 spiro atoms. The number of sulfonamides is 1. The molecule has 2 atom stereocenters. The fourth-order valence-corrected chi connectivity index (χ4v) is 5.81. The normalized spacial score (nSPS) is 15.7. The number of rotatable bonds is 13. The van der Waals surface area contributed by atoms with Crippen LogP contribution in [0.25, 0.3) is 11.1 Å². The van der Waals surface area contributed by atoms with Crippen LogP contribution in [0.2, 0.25) is 0 Å². The van der Waals surface area contributed by atoms with Crippen LogP contribution in [0.15, 0.2) is 72.8 Å². The zero-order chi connectivity index (χ0) is 29.2. The summed E-state index contributed by atoms with van der Waals surface area (Å²) in [4.78, 5) is 12.9. The van der Waals surface area contributed by atoms with Crippen LogP contribution >= 0.6 is 0 Å². The van der Waals surface area contributed by atoms with Gasteiger partial charge in [-0.05, 0) is 80.0 Å². The summed E-state index contributed by atoms with van der Waals surface area (Å²) in [5.41, 5.74) is 3.98. The minimum atomic E-state index is -3.95. The standard InChI is InChI=1S/C32H40N2O6S/c1-23(31(36)26-8-4-2-5-9-26)33-19-18-24-12-14-25(15-13-24)27-16-17-29(32(37)34-41(38,39)21-20-35)30(22-27)40-28-10-6-3-7-11-28/h2,4-5,8-9,12-17,22-23,28,31,33,35-36H,3,6-7,10-11,18-21H2,1H3,(H,34,37)/t23-,31+/m0/s1. The summed E-state index contributed by atoms with van der Waals surface area (Å²) in [6.45, 7) is 2.11. The van der Waals surface area contributed by atoms with Crippen molar-refractivity contribution >= 4 is 15.9 Å². The first-order valence-electron chi connectivity index (χ1n) is 14.3. The molecule has 1 amide bonds. The minimum Gasteiger partial charge on any atom is -0.490 e. The topological polar surface area (TPSA) is 125 Å². The first-order chi connectivity index (χ1) is 19.8. The second-order valence-electron chi connectivity index (χ2n) is 10.6. The fourth-order valence-electron chi connectivity index (χ4n) is 5.08. The molecule has 0 unspecified atom stereocenters. The molecule has 9 heteroatoms. The number of aliphatic hydroxyl groups excluding tert-OH is 2. The van der Waals surface area contributed by atoms with Gasteiger partial charge in [-0.15, -0.1) is 0 Å². The molecule has 0 aliphatic heterocycles. The molecular formula is C32H40N2O6S. The number of carbonyl (C=O) groups excluding carboxylic acids is 1. The maximum atomic E-state index is 12.9. The van der Waals surface area contributed by atoms with Crippen LogP contribution in [0.3, 0.4) is 0 Å². The molecule has 1 fully saturated rings. The highest BCUT2D eigenvalue weighted by Crippen LogP contribution is 2.31. The monoisotopic (exact) mass is 580 g/mol. The van der Waals surface area contributed by atoms with Crippen LogP contribution in [-0.4, -0.2) is 55.6 Å². The molecule has 0 saturated heterocycles. The Hall–Kier alpha value is -3.24. The van der Waals surface area contributed by atoms with E-state index in [-0.39, 0.29) is 17.7 Å².